The second kappa shape index (κ2) is 7.07. The molecule has 0 saturated heterocycles. The van der Waals surface area contributed by atoms with E-state index in [1.54, 1.807) is 0 Å². The van der Waals surface area contributed by atoms with Crippen molar-refractivity contribution in [3.05, 3.63) is 58.0 Å². The van der Waals surface area contributed by atoms with Crippen molar-refractivity contribution in [2.24, 2.45) is 0 Å². The summed E-state index contributed by atoms with van der Waals surface area (Å²) >= 11 is 0. The van der Waals surface area contributed by atoms with E-state index in [1.165, 1.54) is 31.6 Å². The van der Waals surface area contributed by atoms with Crippen LogP contribution in [0.3, 0.4) is 0 Å². The molecule has 3 rings (SSSR count). The standard InChI is InChI=1S/C21H20O6/c1-11(2)4-6-14-17(26-3)9-18-19(20(14)24)21(25)15(10-27-18)13-7-5-12(22)8-16(13)23/h4-5,7-10,22-24H,6H2,1-3H3/p-1. The van der Waals surface area contributed by atoms with Crippen LogP contribution in [-0.2, 0) is 6.42 Å². The monoisotopic (exact) mass is 367 g/mol. The third kappa shape index (κ3) is 3.33. The van der Waals surface area contributed by atoms with Gasteiger partial charge in [0.25, 0.3) is 0 Å². The van der Waals surface area contributed by atoms with Gasteiger partial charge in [-0.15, -0.1) is 0 Å². The maximum Gasteiger partial charge on any atom is 0.200 e. The van der Waals surface area contributed by atoms with Crippen molar-refractivity contribution in [1.82, 2.24) is 0 Å². The first-order chi connectivity index (χ1) is 12.8. The van der Waals surface area contributed by atoms with Crippen LogP contribution >= 0.6 is 0 Å². The molecule has 0 aliphatic rings. The largest absolute Gasteiger partial charge is 0.872 e. The number of phenols is 2. The minimum atomic E-state index is -0.552. The SMILES string of the molecule is COc1cc2occ(-c3ccc(O)cc3O)c(=O)c2c([O-])c1CC=C(C)C. The number of rotatable bonds is 4. The molecular weight excluding hydrogens is 348 g/mol. The lowest BCUT2D eigenvalue weighted by Gasteiger charge is -2.19. The number of aromatic hydroxyl groups is 2. The molecule has 1 heterocycles. The highest BCUT2D eigenvalue weighted by molar-refractivity contribution is 5.90. The van der Waals surface area contributed by atoms with Crippen molar-refractivity contribution >= 4 is 11.0 Å². The van der Waals surface area contributed by atoms with Gasteiger partial charge in [-0.3, -0.25) is 4.79 Å². The molecule has 0 fully saturated rings. The Hall–Kier alpha value is -3.41. The van der Waals surface area contributed by atoms with Crippen LogP contribution in [0.25, 0.3) is 22.1 Å². The molecule has 1 aromatic heterocycles. The number of fused-ring (bicyclic) bond motifs is 1. The fourth-order valence-corrected chi connectivity index (χ4v) is 2.89. The maximum atomic E-state index is 13.0. The van der Waals surface area contributed by atoms with E-state index in [4.69, 9.17) is 9.15 Å². The minimum Gasteiger partial charge on any atom is -0.872 e. The Bertz CT molecular complexity index is 1100. The number of allylic oxidation sites excluding steroid dienone is 2. The first kappa shape index (κ1) is 18.4. The predicted molar refractivity (Wildman–Crippen MR) is 100 cm³/mol. The molecule has 0 atom stereocenters. The number of ether oxygens (including phenoxy) is 1. The summed E-state index contributed by atoms with van der Waals surface area (Å²) in [6.07, 6.45) is 3.39. The Kier molecular flexibility index (Phi) is 4.81. The number of phenolic OH excluding ortho intramolecular Hbond substituents is 2. The molecule has 0 amide bonds. The van der Waals surface area contributed by atoms with E-state index >= 15 is 0 Å². The van der Waals surface area contributed by atoms with E-state index in [1.807, 2.05) is 19.9 Å². The van der Waals surface area contributed by atoms with Crippen molar-refractivity contribution in [3.63, 3.8) is 0 Å². The zero-order valence-electron chi connectivity index (χ0n) is 15.2. The number of benzene rings is 2. The molecule has 6 nitrogen and oxygen atoms in total. The van der Waals surface area contributed by atoms with Gasteiger partial charge in [0.1, 0.15) is 29.1 Å². The predicted octanol–water partition coefficient (Wildman–Crippen LogP) is 3.46. The van der Waals surface area contributed by atoms with Crippen molar-refractivity contribution in [1.29, 1.82) is 0 Å². The highest BCUT2D eigenvalue weighted by Gasteiger charge is 2.17. The van der Waals surface area contributed by atoms with Crippen LogP contribution in [0.2, 0.25) is 0 Å². The molecule has 0 aliphatic carbocycles. The Morgan fingerprint density at radius 2 is 1.96 bits per heavy atom. The summed E-state index contributed by atoms with van der Waals surface area (Å²) in [4.78, 5) is 13.0. The van der Waals surface area contributed by atoms with Crippen molar-refractivity contribution in [3.8, 4) is 34.1 Å². The van der Waals surface area contributed by atoms with Gasteiger partial charge in [-0.2, -0.15) is 0 Å². The summed E-state index contributed by atoms with van der Waals surface area (Å²) in [5.41, 5.74) is 1.17. The van der Waals surface area contributed by atoms with Crippen LogP contribution in [0.1, 0.15) is 19.4 Å². The molecule has 27 heavy (non-hydrogen) atoms. The third-order valence-corrected chi connectivity index (χ3v) is 4.29. The lowest BCUT2D eigenvalue weighted by molar-refractivity contribution is -0.267. The van der Waals surface area contributed by atoms with Gasteiger partial charge in [-0.1, -0.05) is 17.4 Å². The summed E-state index contributed by atoms with van der Waals surface area (Å²) in [5, 5.41) is 32.4. The van der Waals surface area contributed by atoms with Crippen LogP contribution < -0.4 is 15.3 Å². The van der Waals surface area contributed by atoms with E-state index in [2.05, 4.69) is 0 Å². The smallest absolute Gasteiger partial charge is 0.200 e. The minimum absolute atomic E-state index is 0.0374. The average Bonchev–Trinajstić information content (AvgIpc) is 2.61. The first-order valence-corrected chi connectivity index (χ1v) is 8.31. The first-order valence-electron chi connectivity index (χ1n) is 8.31. The number of hydrogen-bond donors (Lipinski definition) is 2. The van der Waals surface area contributed by atoms with Crippen LogP contribution in [0, 0.1) is 0 Å². The lowest BCUT2D eigenvalue weighted by atomic mass is 10.0. The van der Waals surface area contributed by atoms with Gasteiger partial charge in [-0.25, -0.2) is 0 Å². The second-order valence-electron chi connectivity index (χ2n) is 6.43. The molecule has 2 N–H and O–H groups in total. The number of methoxy groups -OCH3 is 1. The fourth-order valence-electron chi connectivity index (χ4n) is 2.89. The summed E-state index contributed by atoms with van der Waals surface area (Å²) in [5.74, 6) is -0.531. The van der Waals surface area contributed by atoms with Crippen molar-refractivity contribution in [2.75, 3.05) is 7.11 Å². The normalized spacial score (nSPS) is 10.8. The fraction of sp³-hybridized carbons (Fsp3) is 0.190. The zero-order chi connectivity index (χ0) is 19.7. The second-order valence-corrected chi connectivity index (χ2v) is 6.43. The van der Waals surface area contributed by atoms with Gasteiger partial charge < -0.3 is 24.5 Å². The average molecular weight is 367 g/mol. The molecule has 2 aromatic carbocycles. The van der Waals surface area contributed by atoms with E-state index in [9.17, 15) is 20.1 Å². The summed E-state index contributed by atoms with van der Waals surface area (Å²) in [6, 6.07) is 5.37. The highest BCUT2D eigenvalue weighted by Crippen LogP contribution is 2.36. The lowest BCUT2D eigenvalue weighted by Crippen LogP contribution is -2.11. The molecule has 0 bridgehead atoms. The van der Waals surface area contributed by atoms with E-state index < -0.39 is 11.2 Å². The quantitative estimate of drug-likeness (QED) is 0.685. The molecule has 0 radical (unpaired) electrons. The molecule has 3 aromatic rings. The summed E-state index contributed by atoms with van der Waals surface area (Å²) in [6.45, 7) is 3.83. The highest BCUT2D eigenvalue weighted by atomic mass is 16.5. The molecule has 6 heteroatoms. The topological polar surface area (TPSA) is 103 Å². The van der Waals surface area contributed by atoms with Crippen LogP contribution in [0.4, 0.5) is 0 Å². The van der Waals surface area contributed by atoms with Gasteiger partial charge in [0.2, 0.25) is 0 Å². The Morgan fingerprint density at radius 1 is 1.22 bits per heavy atom. The third-order valence-electron chi connectivity index (χ3n) is 4.29. The summed E-state index contributed by atoms with van der Waals surface area (Å²) < 4.78 is 10.8. The van der Waals surface area contributed by atoms with Crippen LogP contribution in [0.15, 0.2) is 51.4 Å². The van der Waals surface area contributed by atoms with Crippen LogP contribution in [0.5, 0.6) is 23.0 Å². The van der Waals surface area contributed by atoms with Crippen molar-refractivity contribution < 1.29 is 24.5 Å². The van der Waals surface area contributed by atoms with Gasteiger partial charge in [0.05, 0.1) is 18.1 Å². The van der Waals surface area contributed by atoms with E-state index in [0.717, 1.165) is 11.6 Å². The van der Waals surface area contributed by atoms with Crippen molar-refractivity contribution in [2.45, 2.75) is 20.3 Å². The zero-order valence-corrected chi connectivity index (χ0v) is 15.2. The van der Waals surface area contributed by atoms with Gasteiger partial charge in [0.15, 0.2) is 5.43 Å². The van der Waals surface area contributed by atoms with E-state index in [0.29, 0.717) is 17.7 Å². The Labute approximate surface area is 155 Å². The van der Waals surface area contributed by atoms with Gasteiger partial charge in [-0.05, 0) is 38.0 Å². The maximum absolute atomic E-state index is 13.0. The molecular formula is C21H19O6-. The van der Waals surface area contributed by atoms with E-state index in [-0.39, 0.29) is 33.6 Å². The Balaban J connectivity index is 2.30. The Morgan fingerprint density at radius 3 is 2.59 bits per heavy atom. The van der Waals surface area contributed by atoms with Crippen LogP contribution in [-0.4, -0.2) is 17.3 Å². The molecule has 0 aliphatic heterocycles. The summed E-state index contributed by atoms with van der Waals surface area (Å²) in [7, 11) is 1.45. The molecule has 0 spiro atoms. The van der Waals surface area contributed by atoms with Gasteiger partial charge >= 0.3 is 0 Å². The molecule has 0 saturated carbocycles. The number of hydrogen-bond acceptors (Lipinski definition) is 6. The molecule has 0 unspecified atom stereocenters. The molecule has 140 valence electrons. The van der Waals surface area contributed by atoms with Gasteiger partial charge in [0, 0.05) is 17.7 Å².